The fourth-order valence-electron chi connectivity index (χ4n) is 4.06. The van der Waals surface area contributed by atoms with Gasteiger partial charge in [0.15, 0.2) is 0 Å². The number of fused-ring (bicyclic) bond motifs is 2. The Kier molecular flexibility index (Phi) is 4.02. The molecule has 142 valence electrons. The number of benzene rings is 3. The Hall–Kier alpha value is -3.39. The lowest BCUT2D eigenvalue weighted by molar-refractivity contribution is 0.596. The normalized spacial score (nSPS) is 12.0. The van der Waals surface area contributed by atoms with Gasteiger partial charge in [-0.1, -0.05) is 63.2 Å². The predicted octanol–water partition coefficient (Wildman–Crippen LogP) is 7.61. The lowest BCUT2D eigenvalue weighted by Crippen LogP contribution is -2.12. The highest BCUT2D eigenvalue weighted by Crippen LogP contribution is 2.36. The molecule has 0 aliphatic heterocycles. The molecule has 0 radical (unpaired) electrons. The predicted molar refractivity (Wildman–Crippen MR) is 121 cm³/mol. The van der Waals surface area contributed by atoms with Gasteiger partial charge in [-0.25, -0.2) is 0 Å². The quantitative estimate of drug-likeness (QED) is 0.316. The topological polar surface area (TPSA) is 26.0 Å². The monoisotopic (exact) mass is 377 g/mol. The van der Waals surface area contributed by atoms with Crippen LogP contribution in [0.25, 0.3) is 44.1 Å². The third-order valence-corrected chi connectivity index (χ3v) is 5.52. The Morgan fingerprint density at radius 2 is 1.59 bits per heavy atom. The number of nitrogens with zero attached hydrogens (tertiary/aromatic N) is 1. The molecule has 0 atom stereocenters. The van der Waals surface area contributed by atoms with Crippen molar-refractivity contribution >= 4 is 21.7 Å². The second kappa shape index (κ2) is 6.59. The van der Waals surface area contributed by atoms with E-state index in [0.29, 0.717) is 0 Å². The molecule has 2 heteroatoms. The average Bonchev–Trinajstić information content (AvgIpc) is 3.21. The second-order valence-corrected chi connectivity index (χ2v) is 8.57. The molecule has 2 aromatic heterocycles. The van der Waals surface area contributed by atoms with Gasteiger partial charge >= 0.3 is 0 Å². The van der Waals surface area contributed by atoms with Gasteiger partial charge in [0.2, 0.25) is 0 Å². The highest BCUT2D eigenvalue weighted by molar-refractivity contribution is 5.94. The van der Waals surface area contributed by atoms with Crippen molar-refractivity contribution in [3.05, 3.63) is 90.8 Å². The first kappa shape index (κ1) is 17.7. The first-order valence-electron chi connectivity index (χ1n) is 9.97. The number of aromatic nitrogens is 1. The van der Waals surface area contributed by atoms with Crippen LogP contribution in [0.4, 0.5) is 0 Å². The van der Waals surface area contributed by atoms with E-state index in [4.69, 9.17) is 9.40 Å². The van der Waals surface area contributed by atoms with Gasteiger partial charge in [0, 0.05) is 22.7 Å². The molecule has 0 saturated carbocycles. The summed E-state index contributed by atoms with van der Waals surface area (Å²) in [7, 11) is 0. The van der Waals surface area contributed by atoms with Gasteiger partial charge in [0.25, 0.3) is 0 Å². The van der Waals surface area contributed by atoms with Gasteiger partial charge in [-0.2, -0.15) is 0 Å². The summed E-state index contributed by atoms with van der Waals surface area (Å²) in [5.74, 6) is 0. The average molecular weight is 377 g/mol. The first-order chi connectivity index (χ1) is 14.0. The Morgan fingerprint density at radius 3 is 2.45 bits per heavy atom. The van der Waals surface area contributed by atoms with Crippen molar-refractivity contribution in [3.8, 4) is 22.4 Å². The van der Waals surface area contributed by atoms with Crippen LogP contribution in [-0.4, -0.2) is 4.98 Å². The van der Waals surface area contributed by atoms with Gasteiger partial charge in [0.1, 0.15) is 5.58 Å². The van der Waals surface area contributed by atoms with E-state index in [1.165, 1.54) is 16.3 Å². The minimum atomic E-state index is 0.0486. The zero-order valence-corrected chi connectivity index (χ0v) is 16.9. The molecule has 0 aliphatic rings. The number of furan rings is 1. The number of hydrogen-bond donors (Lipinski definition) is 0. The van der Waals surface area contributed by atoms with Crippen LogP contribution in [0, 0.1) is 0 Å². The molecule has 0 spiro atoms. The van der Waals surface area contributed by atoms with E-state index in [1.54, 1.807) is 6.26 Å². The van der Waals surface area contributed by atoms with E-state index >= 15 is 0 Å². The van der Waals surface area contributed by atoms with Gasteiger partial charge in [-0.3, -0.25) is 4.98 Å². The molecule has 5 rings (SSSR count). The van der Waals surface area contributed by atoms with E-state index < -0.39 is 0 Å². The van der Waals surface area contributed by atoms with Crippen molar-refractivity contribution in [2.75, 3.05) is 0 Å². The van der Waals surface area contributed by atoms with Crippen LogP contribution in [0.15, 0.2) is 89.7 Å². The minimum absolute atomic E-state index is 0.0486. The summed E-state index contributed by atoms with van der Waals surface area (Å²) in [4.78, 5) is 4.70. The molecule has 0 unspecified atom stereocenters. The van der Waals surface area contributed by atoms with Gasteiger partial charge in [-0.05, 0) is 57.6 Å². The van der Waals surface area contributed by atoms with Crippen LogP contribution in [-0.2, 0) is 5.41 Å². The van der Waals surface area contributed by atoms with E-state index in [-0.39, 0.29) is 5.41 Å². The standard InChI is InChI=1S/C27H23NO/c1-27(2,3)24-16-21(15-19-7-4-5-9-22(19)24)25-17-20(11-13-28-25)23-10-6-8-18-12-14-29-26(18)23/h4-17H,1-3H3. The highest BCUT2D eigenvalue weighted by atomic mass is 16.3. The SMILES string of the molecule is CC(C)(C)c1cc(-c2cc(-c3cccc4ccoc34)ccn2)cc2ccccc12. The lowest BCUT2D eigenvalue weighted by atomic mass is 9.82. The Labute approximate surface area is 170 Å². The second-order valence-electron chi connectivity index (χ2n) is 8.57. The molecule has 0 N–H and O–H groups in total. The lowest BCUT2D eigenvalue weighted by Gasteiger charge is -2.22. The maximum atomic E-state index is 5.75. The summed E-state index contributed by atoms with van der Waals surface area (Å²) < 4.78 is 5.75. The summed E-state index contributed by atoms with van der Waals surface area (Å²) in [6.07, 6.45) is 3.63. The fourth-order valence-corrected chi connectivity index (χ4v) is 4.06. The van der Waals surface area contributed by atoms with Crippen molar-refractivity contribution in [1.29, 1.82) is 0 Å². The van der Waals surface area contributed by atoms with Crippen molar-refractivity contribution in [3.63, 3.8) is 0 Å². The molecule has 0 fully saturated rings. The smallest absolute Gasteiger partial charge is 0.141 e. The van der Waals surface area contributed by atoms with Crippen LogP contribution < -0.4 is 0 Å². The summed E-state index contributed by atoms with van der Waals surface area (Å²) in [5.41, 5.74) is 6.62. The molecule has 0 aliphatic carbocycles. The minimum Gasteiger partial charge on any atom is -0.464 e. The number of para-hydroxylation sites is 1. The summed E-state index contributed by atoms with van der Waals surface area (Å²) in [5, 5.41) is 3.66. The van der Waals surface area contributed by atoms with Crippen molar-refractivity contribution in [2.24, 2.45) is 0 Å². The first-order valence-corrected chi connectivity index (χ1v) is 9.97. The molecule has 2 nitrogen and oxygen atoms in total. The fraction of sp³-hybridized carbons (Fsp3) is 0.148. The van der Waals surface area contributed by atoms with Crippen molar-refractivity contribution < 1.29 is 4.42 Å². The van der Waals surface area contributed by atoms with Gasteiger partial charge < -0.3 is 4.42 Å². The molecular formula is C27H23NO. The molecule has 5 aromatic rings. The Morgan fingerprint density at radius 1 is 0.759 bits per heavy atom. The van der Waals surface area contributed by atoms with E-state index in [9.17, 15) is 0 Å². The van der Waals surface area contributed by atoms with E-state index in [0.717, 1.165) is 33.4 Å². The van der Waals surface area contributed by atoms with Crippen molar-refractivity contribution in [2.45, 2.75) is 26.2 Å². The van der Waals surface area contributed by atoms with Crippen LogP contribution in [0.2, 0.25) is 0 Å². The maximum absolute atomic E-state index is 5.75. The van der Waals surface area contributed by atoms with Crippen molar-refractivity contribution in [1.82, 2.24) is 4.98 Å². The van der Waals surface area contributed by atoms with Crippen LogP contribution >= 0.6 is 0 Å². The van der Waals surface area contributed by atoms with Crippen LogP contribution in [0.1, 0.15) is 26.3 Å². The van der Waals surface area contributed by atoms with E-state index in [1.807, 2.05) is 18.3 Å². The Balaban J connectivity index is 1.70. The molecule has 3 aromatic carbocycles. The zero-order chi connectivity index (χ0) is 20.0. The maximum Gasteiger partial charge on any atom is 0.141 e. The highest BCUT2D eigenvalue weighted by Gasteiger charge is 2.19. The van der Waals surface area contributed by atoms with Crippen LogP contribution in [0.5, 0.6) is 0 Å². The third-order valence-electron chi connectivity index (χ3n) is 5.52. The Bertz CT molecular complexity index is 1340. The molecule has 0 amide bonds. The van der Waals surface area contributed by atoms with Gasteiger partial charge in [-0.15, -0.1) is 0 Å². The molecule has 0 saturated heterocycles. The number of hydrogen-bond acceptors (Lipinski definition) is 2. The van der Waals surface area contributed by atoms with Gasteiger partial charge in [0.05, 0.1) is 12.0 Å². The summed E-state index contributed by atoms with van der Waals surface area (Å²) in [6, 6.07) is 25.6. The molecule has 0 bridgehead atoms. The zero-order valence-electron chi connectivity index (χ0n) is 16.9. The molecule has 2 heterocycles. The summed E-state index contributed by atoms with van der Waals surface area (Å²) >= 11 is 0. The number of rotatable bonds is 2. The molecule has 29 heavy (non-hydrogen) atoms. The largest absolute Gasteiger partial charge is 0.464 e. The number of pyridine rings is 1. The third kappa shape index (κ3) is 3.11. The molecular weight excluding hydrogens is 354 g/mol. The summed E-state index contributed by atoms with van der Waals surface area (Å²) in [6.45, 7) is 6.79. The van der Waals surface area contributed by atoms with E-state index in [2.05, 4.69) is 81.4 Å². The van der Waals surface area contributed by atoms with Crippen LogP contribution in [0.3, 0.4) is 0 Å².